The molecule has 0 atom stereocenters. The van der Waals surface area contributed by atoms with Gasteiger partial charge >= 0.3 is 0 Å². The Kier molecular flexibility index (Phi) is 5.92. The van der Waals surface area contributed by atoms with Crippen LogP contribution in [0, 0.1) is 0 Å². The van der Waals surface area contributed by atoms with Gasteiger partial charge in [0.2, 0.25) is 0 Å². The molecule has 0 bridgehead atoms. The first-order valence-electron chi connectivity index (χ1n) is 5.45. The summed E-state index contributed by atoms with van der Waals surface area (Å²) in [5, 5.41) is 0. The molecule has 0 spiro atoms. The Labute approximate surface area is 119 Å². The fraction of sp³-hybridized carbons (Fsp3) is 0.308. The minimum Gasteiger partial charge on any atom is -0.335 e. The van der Waals surface area contributed by atoms with Crippen molar-refractivity contribution in [3.05, 3.63) is 45.4 Å². The summed E-state index contributed by atoms with van der Waals surface area (Å²) in [6.45, 7) is 7.06. The highest BCUT2D eigenvalue weighted by Gasteiger charge is 2.16. The SMILES string of the molecule is C=CCN(CCC)C(=O)c1ccc(Br)cc1Br. The molecule has 92 valence electrons. The van der Waals surface area contributed by atoms with Crippen molar-refractivity contribution in [1.29, 1.82) is 0 Å². The Hall–Kier alpha value is -0.610. The van der Waals surface area contributed by atoms with E-state index in [1.165, 1.54) is 0 Å². The number of carbonyl (C=O) groups excluding carboxylic acids is 1. The van der Waals surface area contributed by atoms with Gasteiger partial charge in [-0.15, -0.1) is 6.58 Å². The van der Waals surface area contributed by atoms with Gasteiger partial charge in [0.25, 0.3) is 5.91 Å². The third kappa shape index (κ3) is 3.96. The van der Waals surface area contributed by atoms with Crippen LogP contribution in [0.1, 0.15) is 23.7 Å². The molecule has 0 N–H and O–H groups in total. The van der Waals surface area contributed by atoms with E-state index in [-0.39, 0.29) is 5.91 Å². The fourth-order valence-electron chi connectivity index (χ4n) is 1.53. The van der Waals surface area contributed by atoms with Crippen LogP contribution in [0.25, 0.3) is 0 Å². The maximum atomic E-state index is 12.3. The average Bonchev–Trinajstić information content (AvgIpc) is 2.28. The van der Waals surface area contributed by atoms with Crippen LogP contribution in [0.4, 0.5) is 0 Å². The molecule has 4 heteroatoms. The van der Waals surface area contributed by atoms with E-state index in [2.05, 4.69) is 45.4 Å². The Morgan fingerprint density at radius 2 is 2.18 bits per heavy atom. The van der Waals surface area contributed by atoms with Gasteiger partial charge < -0.3 is 4.90 Å². The first-order chi connectivity index (χ1) is 8.10. The van der Waals surface area contributed by atoms with Gasteiger partial charge in [-0.1, -0.05) is 28.9 Å². The summed E-state index contributed by atoms with van der Waals surface area (Å²) in [6, 6.07) is 5.57. The molecule has 1 rings (SSSR count). The summed E-state index contributed by atoms with van der Waals surface area (Å²) in [7, 11) is 0. The van der Waals surface area contributed by atoms with Gasteiger partial charge in [-0.2, -0.15) is 0 Å². The topological polar surface area (TPSA) is 20.3 Å². The van der Waals surface area contributed by atoms with Gasteiger partial charge in [0.05, 0.1) is 5.56 Å². The molecule has 0 saturated heterocycles. The van der Waals surface area contributed by atoms with E-state index in [1.807, 2.05) is 18.2 Å². The van der Waals surface area contributed by atoms with Crippen molar-refractivity contribution in [3.63, 3.8) is 0 Å². The zero-order valence-electron chi connectivity index (χ0n) is 9.75. The number of benzene rings is 1. The molecular weight excluding hydrogens is 346 g/mol. The second-order valence-electron chi connectivity index (χ2n) is 3.66. The monoisotopic (exact) mass is 359 g/mol. The number of hydrogen-bond donors (Lipinski definition) is 0. The van der Waals surface area contributed by atoms with Gasteiger partial charge in [-0.25, -0.2) is 0 Å². The summed E-state index contributed by atoms with van der Waals surface area (Å²) in [6.07, 6.45) is 2.69. The number of amides is 1. The number of rotatable bonds is 5. The number of carbonyl (C=O) groups is 1. The number of halogens is 2. The Balaban J connectivity index is 2.96. The third-order valence-electron chi connectivity index (χ3n) is 2.29. The number of nitrogens with zero attached hydrogens (tertiary/aromatic N) is 1. The maximum Gasteiger partial charge on any atom is 0.255 e. The first kappa shape index (κ1) is 14.5. The zero-order chi connectivity index (χ0) is 12.8. The summed E-state index contributed by atoms with van der Waals surface area (Å²) in [4.78, 5) is 14.1. The van der Waals surface area contributed by atoms with Crippen molar-refractivity contribution in [2.45, 2.75) is 13.3 Å². The van der Waals surface area contributed by atoms with Crippen LogP contribution in [-0.2, 0) is 0 Å². The van der Waals surface area contributed by atoms with Gasteiger partial charge in [0.1, 0.15) is 0 Å². The van der Waals surface area contributed by atoms with Crippen molar-refractivity contribution < 1.29 is 4.79 Å². The van der Waals surface area contributed by atoms with E-state index in [0.29, 0.717) is 12.1 Å². The second-order valence-corrected chi connectivity index (χ2v) is 5.43. The van der Waals surface area contributed by atoms with Crippen molar-refractivity contribution in [2.24, 2.45) is 0 Å². The quantitative estimate of drug-likeness (QED) is 0.719. The molecule has 0 saturated carbocycles. The standard InChI is InChI=1S/C13H15Br2NO/c1-3-7-16(8-4-2)13(17)11-6-5-10(14)9-12(11)15/h3,5-6,9H,1,4,7-8H2,2H3. The summed E-state index contributed by atoms with van der Waals surface area (Å²) < 4.78 is 1.76. The highest BCUT2D eigenvalue weighted by molar-refractivity contribution is 9.11. The van der Waals surface area contributed by atoms with Crippen LogP contribution in [0.15, 0.2) is 39.8 Å². The van der Waals surface area contributed by atoms with Crippen LogP contribution in [0.2, 0.25) is 0 Å². The lowest BCUT2D eigenvalue weighted by Gasteiger charge is -2.21. The van der Waals surface area contributed by atoms with E-state index < -0.39 is 0 Å². The van der Waals surface area contributed by atoms with Crippen molar-refractivity contribution in [2.75, 3.05) is 13.1 Å². The van der Waals surface area contributed by atoms with E-state index in [1.54, 1.807) is 11.0 Å². The van der Waals surface area contributed by atoms with E-state index in [4.69, 9.17) is 0 Å². The normalized spacial score (nSPS) is 10.1. The Morgan fingerprint density at radius 3 is 2.71 bits per heavy atom. The number of hydrogen-bond acceptors (Lipinski definition) is 1. The molecular formula is C13H15Br2NO. The first-order valence-corrected chi connectivity index (χ1v) is 7.04. The lowest BCUT2D eigenvalue weighted by molar-refractivity contribution is 0.0773. The molecule has 0 fully saturated rings. The van der Waals surface area contributed by atoms with Gasteiger partial charge in [0.15, 0.2) is 0 Å². The van der Waals surface area contributed by atoms with Crippen LogP contribution in [0.5, 0.6) is 0 Å². The maximum absolute atomic E-state index is 12.3. The van der Waals surface area contributed by atoms with Gasteiger partial charge in [0, 0.05) is 22.0 Å². The molecule has 0 aliphatic rings. The predicted molar refractivity (Wildman–Crippen MR) is 78.2 cm³/mol. The van der Waals surface area contributed by atoms with Gasteiger partial charge in [-0.05, 0) is 40.5 Å². The fourth-order valence-corrected chi connectivity index (χ4v) is 2.75. The van der Waals surface area contributed by atoms with Crippen molar-refractivity contribution in [3.8, 4) is 0 Å². The largest absolute Gasteiger partial charge is 0.335 e. The Morgan fingerprint density at radius 1 is 1.47 bits per heavy atom. The minimum atomic E-state index is 0.0334. The summed E-state index contributed by atoms with van der Waals surface area (Å²) in [5.41, 5.74) is 0.684. The smallest absolute Gasteiger partial charge is 0.255 e. The molecule has 1 amide bonds. The third-order valence-corrected chi connectivity index (χ3v) is 3.44. The average molecular weight is 361 g/mol. The molecule has 1 aromatic carbocycles. The van der Waals surface area contributed by atoms with E-state index >= 15 is 0 Å². The van der Waals surface area contributed by atoms with Crippen LogP contribution >= 0.6 is 31.9 Å². The molecule has 0 radical (unpaired) electrons. The highest BCUT2D eigenvalue weighted by Crippen LogP contribution is 2.23. The van der Waals surface area contributed by atoms with Crippen LogP contribution in [-0.4, -0.2) is 23.9 Å². The molecule has 1 aromatic rings. The van der Waals surface area contributed by atoms with Crippen molar-refractivity contribution in [1.82, 2.24) is 4.90 Å². The van der Waals surface area contributed by atoms with E-state index in [9.17, 15) is 4.79 Å². The predicted octanol–water partition coefficient (Wildman–Crippen LogP) is 4.25. The molecule has 2 nitrogen and oxygen atoms in total. The lowest BCUT2D eigenvalue weighted by atomic mass is 10.2. The molecule has 0 heterocycles. The minimum absolute atomic E-state index is 0.0334. The van der Waals surface area contributed by atoms with Crippen molar-refractivity contribution >= 4 is 37.8 Å². The van der Waals surface area contributed by atoms with Gasteiger partial charge in [-0.3, -0.25) is 4.79 Å². The Bertz CT molecular complexity index is 418. The summed E-state index contributed by atoms with van der Waals surface area (Å²) in [5.74, 6) is 0.0334. The second kappa shape index (κ2) is 6.97. The van der Waals surface area contributed by atoms with E-state index in [0.717, 1.165) is 21.9 Å². The zero-order valence-corrected chi connectivity index (χ0v) is 12.9. The molecule has 0 unspecified atom stereocenters. The summed E-state index contributed by atoms with van der Waals surface area (Å²) >= 11 is 6.79. The highest BCUT2D eigenvalue weighted by atomic mass is 79.9. The van der Waals surface area contributed by atoms with Crippen LogP contribution in [0.3, 0.4) is 0 Å². The molecule has 0 aliphatic heterocycles. The lowest BCUT2D eigenvalue weighted by Crippen LogP contribution is -2.32. The van der Waals surface area contributed by atoms with Crippen LogP contribution < -0.4 is 0 Å². The molecule has 17 heavy (non-hydrogen) atoms. The molecule has 0 aliphatic carbocycles. The molecule has 0 aromatic heterocycles.